The third-order valence-electron chi connectivity index (χ3n) is 1.95. The van der Waals surface area contributed by atoms with E-state index in [-0.39, 0.29) is 0 Å². The van der Waals surface area contributed by atoms with Crippen molar-refractivity contribution in [2.75, 3.05) is 0 Å². The number of aromatic nitrogens is 3. The van der Waals surface area contributed by atoms with Crippen molar-refractivity contribution in [2.24, 2.45) is 0 Å². The SMILES string of the molecule is CC(C)c1nnc(CCl)n1C(C)C. The van der Waals surface area contributed by atoms with Crippen LogP contribution >= 0.6 is 11.6 Å². The summed E-state index contributed by atoms with van der Waals surface area (Å²) in [6.07, 6.45) is 0. The molecule has 0 N–H and O–H groups in total. The summed E-state index contributed by atoms with van der Waals surface area (Å²) in [5, 5.41) is 8.19. The van der Waals surface area contributed by atoms with Crippen LogP contribution in [0.5, 0.6) is 0 Å². The van der Waals surface area contributed by atoms with Gasteiger partial charge in [-0.15, -0.1) is 21.8 Å². The molecular weight excluding hydrogens is 186 g/mol. The number of alkyl halides is 1. The summed E-state index contributed by atoms with van der Waals surface area (Å²) >= 11 is 5.77. The molecule has 74 valence electrons. The molecule has 0 spiro atoms. The first kappa shape index (κ1) is 10.5. The molecule has 1 aromatic heterocycles. The van der Waals surface area contributed by atoms with Crippen LogP contribution in [-0.2, 0) is 5.88 Å². The van der Waals surface area contributed by atoms with Crippen LogP contribution in [-0.4, -0.2) is 14.8 Å². The van der Waals surface area contributed by atoms with Crippen molar-refractivity contribution in [1.29, 1.82) is 0 Å². The Kier molecular flexibility index (Phi) is 3.31. The number of hydrogen-bond donors (Lipinski definition) is 0. The van der Waals surface area contributed by atoms with Gasteiger partial charge in [0.05, 0.1) is 5.88 Å². The molecule has 0 bridgehead atoms. The Labute approximate surface area is 84.1 Å². The van der Waals surface area contributed by atoms with Crippen molar-refractivity contribution in [2.45, 2.75) is 45.5 Å². The van der Waals surface area contributed by atoms with Crippen molar-refractivity contribution in [3.05, 3.63) is 11.6 Å². The van der Waals surface area contributed by atoms with Crippen LogP contribution in [0.25, 0.3) is 0 Å². The number of hydrogen-bond acceptors (Lipinski definition) is 2. The van der Waals surface area contributed by atoms with E-state index in [1.807, 2.05) is 0 Å². The molecule has 13 heavy (non-hydrogen) atoms. The van der Waals surface area contributed by atoms with E-state index < -0.39 is 0 Å². The number of halogens is 1. The second kappa shape index (κ2) is 4.09. The maximum absolute atomic E-state index is 5.77. The fourth-order valence-corrected chi connectivity index (χ4v) is 1.57. The monoisotopic (exact) mass is 201 g/mol. The highest BCUT2D eigenvalue weighted by Crippen LogP contribution is 2.19. The molecule has 0 fully saturated rings. The maximum Gasteiger partial charge on any atom is 0.148 e. The molecule has 0 unspecified atom stereocenters. The van der Waals surface area contributed by atoms with Crippen molar-refractivity contribution >= 4 is 11.6 Å². The number of nitrogens with zero attached hydrogens (tertiary/aromatic N) is 3. The van der Waals surface area contributed by atoms with E-state index in [1.54, 1.807) is 0 Å². The Morgan fingerprint density at radius 1 is 1.23 bits per heavy atom. The Bertz CT molecular complexity index is 278. The average Bonchev–Trinajstić information content (AvgIpc) is 2.46. The Balaban J connectivity index is 3.14. The fourth-order valence-electron chi connectivity index (χ4n) is 1.38. The van der Waals surface area contributed by atoms with Gasteiger partial charge in [-0.1, -0.05) is 13.8 Å². The van der Waals surface area contributed by atoms with Gasteiger partial charge in [-0.05, 0) is 13.8 Å². The van der Waals surface area contributed by atoms with Gasteiger partial charge in [-0.3, -0.25) is 0 Å². The van der Waals surface area contributed by atoms with Crippen LogP contribution in [0.1, 0.15) is 51.3 Å². The molecule has 0 aliphatic carbocycles. The van der Waals surface area contributed by atoms with Crippen molar-refractivity contribution < 1.29 is 0 Å². The largest absolute Gasteiger partial charge is 0.311 e. The van der Waals surface area contributed by atoms with Gasteiger partial charge in [0.25, 0.3) is 0 Å². The summed E-state index contributed by atoms with van der Waals surface area (Å²) in [7, 11) is 0. The Morgan fingerprint density at radius 3 is 2.23 bits per heavy atom. The standard InChI is InChI=1S/C9H16ClN3/c1-6(2)9-12-11-8(5-10)13(9)7(3)4/h6-7H,5H2,1-4H3. The highest BCUT2D eigenvalue weighted by molar-refractivity contribution is 6.16. The van der Waals surface area contributed by atoms with Gasteiger partial charge in [0.2, 0.25) is 0 Å². The maximum atomic E-state index is 5.77. The van der Waals surface area contributed by atoms with Gasteiger partial charge < -0.3 is 4.57 Å². The van der Waals surface area contributed by atoms with Crippen LogP contribution in [0.2, 0.25) is 0 Å². The highest BCUT2D eigenvalue weighted by Gasteiger charge is 2.15. The summed E-state index contributed by atoms with van der Waals surface area (Å²) in [6, 6.07) is 0.376. The van der Waals surface area contributed by atoms with Gasteiger partial charge in [-0.2, -0.15) is 0 Å². The van der Waals surface area contributed by atoms with Crippen LogP contribution in [0, 0.1) is 0 Å². The van der Waals surface area contributed by atoms with E-state index in [4.69, 9.17) is 11.6 Å². The molecule has 0 atom stereocenters. The Hall–Kier alpha value is -0.570. The normalized spacial score (nSPS) is 11.6. The lowest BCUT2D eigenvalue weighted by Gasteiger charge is -2.14. The van der Waals surface area contributed by atoms with Crippen molar-refractivity contribution in [3.63, 3.8) is 0 Å². The fraction of sp³-hybridized carbons (Fsp3) is 0.778. The molecule has 0 saturated heterocycles. The first-order valence-electron chi connectivity index (χ1n) is 4.57. The molecule has 1 rings (SSSR count). The van der Waals surface area contributed by atoms with Crippen LogP contribution in [0.15, 0.2) is 0 Å². The predicted octanol–water partition coefficient (Wildman–Crippen LogP) is 2.72. The molecule has 3 nitrogen and oxygen atoms in total. The molecule has 1 aromatic rings. The van der Waals surface area contributed by atoms with Crippen molar-refractivity contribution in [1.82, 2.24) is 14.8 Å². The molecular formula is C9H16ClN3. The topological polar surface area (TPSA) is 30.7 Å². The minimum Gasteiger partial charge on any atom is -0.311 e. The minimum absolute atomic E-state index is 0.376. The van der Waals surface area contributed by atoms with Gasteiger partial charge >= 0.3 is 0 Å². The van der Waals surface area contributed by atoms with Crippen LogP contribution < -0.4 is 0 Å². The number of rotatable bonds is 3. The minimum atomic E-state index is 0.376. The average molecular weight is 202 g/mol. The molecule has 0 aliphatic rings. The third-order valence-corrected chi connectivity index (χ3v) is 2.18. The van der Waals surface area contributed by atoms with Gasteiger partial charge in [0, 0.05) is 12.0 Å². The molecule has 0 radical (unpaired) electrons. The zero-order valence-corrected chi connectivity index (χ0v) is 9.34. The smallest absolute Gasteiger partial charge is 0.148 e. The summed E-state index contributed by atoms with van der Waals surface area (Å²) < 4.78 is 2.11. The predicted molar refractivity (Wildman–Crippen MR) is 54.1 cm³/mol. The first-order valence-corrected chi connectivity index (χ1v) is 5.11. The molecule has 0 aliphatic heterocycles. The van der Waals surface area contributed by atoms with E-state index >= 15 is 0 Å². The summed E-state index contributed by atoms with van der Waals surface area (Å²) in [4.78, 5) is 0. The van der Waals surface area contributed by atoms with E-state index in [1.165, 1.54) is 0 Å². The lowest BCUT2D eigenvalue weighted by Crippen LogP contribution is -2.10. The summed E-state index contributed by atoms with van der Waals surface area (Å²) in [5.74, 6) is 2.70. The lowest BCUT2D eigenvalue weighted by molar-refractivity contribution is 0.536. The van der Waals surface area contributed by atoms with E-state index in [0.29, 0.717) is 17.8 Å². The van der Waals surface area contributed by atoms with E-state index in [9.17, 15) is 0 Å². The lowest BCUT2D eigenvalue weighted by atomic mass is 10.2. The summed E-state index contributed by atoms with van der Waals surface area (Å²) in [5.41, 5.74) is 0. The van der Waals surface area contributed by atoms with E-state index in [2.05, 4.69) is 42.5 Å². The molecule has 0 aromatic carbocycles. The van der Waals surface area contributed by atoms with Crippen LogP contribution in [0.3, 0.4) is 0 Å². The summed E-state index contributed by atoms with van der Waals surface area (Å²) in [6.45, 7) is 8.46. The van der Waals surface area contributed by atoms with Crippen molar-refractivity contribution in [3.8, 4) is 0 Å². The van der Waals surface area contributed by atoms with Gasteiger partial charge in [-0.25, -0.2) is 0 Å². The molecule has 4 heteroatoms. The molecule has 1 heterocycles. The second-order valence-corrected chi connectivity index (χ2v) is 3.99. The Morgan fingerprint density at radius 2 is 1.85 bits per heavy atom. The quantitative estimate of drug-likeness (QED) is 0.705. The van der Waals surface area contributed by atoms with Crippen LogP contribution in [0.4, 0.5) is 0 Å². The van der Waals surface area contributed by atoms with Gasteiger partial charge in [0.15, 0.2) is 0 Å². The third kappa shape index (κ3) is 2.02. The molecule has 0 amide bonds. The first-order chi connectivity index (χ1) is 6.07. The highest BCUT2D eigenvalue weighted by atomic mass is 35.5. The second-order valence-electron chi connectivity index (χ2n) is 3.73. The molecule has 0 saturated carbocycles. The zero-order chi connectivity index (χ0) is 10.0. The zero-order valence-electron chi connectivity index (χ0n) is 8.58. The van der Waals surface area contributed by atoms with E-state index in [0.717, 1.165) is 11.6 Å². The van der Waals surface area contributed by atoms with Gasteiger partial charge in [0.1, 0.15) is 11.6 Å².